The van der Waals surface area contributed by atoms with Gasteiger partial charge in [0.05, 0.1) is 0 Å². The SMILES string of the molecule is CN=C(P(=O)(O)O)P(=O)(O)O. The van der Waals surface area contributed by atoms with Crippen LogP contribution in [0.25, 0.3) is 0 Å². The molecule has 0 heterocycles. The zero-order valence-corrected chi connectivity index (χ0v) is 7.24. The Hall–Kier alpha value is -0.0300. The van der Waals surface area contributed by atoms with Crippen molar-refractivity contribution >= 4 is 20.4 Å². The predicted octanol–water partition coefficient (Wildman–Crippen LogP) is -0.672. The van der Waals surface area contributed by atoms with Crippen LogP contribution >= 0.6 is 15.2 Å². The molecule has 0 fully saturated rings. The van der Waals surface area contributed by atoms with Gasteiger partial charge in [0.25, 0.3) is 0 Å². The number of hydrogen-bond acceptors (Lipinski definition) is 3. The van der Waals surface area contributed by atoms with Gasteiger partial charge in [0.2, 0.25) is 5.19 Å². The van der Waals surface area contributed by atoms with Crippen molar-refractivity contribution in [2.45, 2.75) is 0 Å². The van der Waals surface area contributed by atoms with Crippen molar-refractivity contribution in [2.75, 3.05) is 7.05 Å². The maximum absolute atomic E-state index is 10.3. The molecule has 0 aliphatic rings. The second-order valence-electron chi connectivity index (χ2n) is 1.61. The van der Waals surface area contributed by atoms with E-state index >= 15 is 0 Å². The first kappa shape index (κ1) is 11.0. The number of hydrogen-bond donors (Lipinski definition) is 4. The topological polar surface area (TPSA) is 127 Å². The van der Waals surface area contributed by atoms with Crippen molar-refractivity contribution in [3.63, 3.8) is 0 Å². The van der Waals surface area contributed by atoms with Crippen LogP contribution in [-0.2, 0) is 9.13 Å². The summed E-state index contributed by atoms with van der Waals surface area (Å²) in [4.78, 5) is 36.0. The second kappa shape index (κ2) is 3.15. The van der Waals surface area contributed by atoms with Gasteiger partial charge in [-0.1, -0.05) is 0 Å². The Bertz CT molecular complexity index is 234. The third kappa shape index (κ3) is 3.25. The standard InChI is InChI=1S/C2H7NO6P2/c1-3-2(10(4,5)6)11(7,8)9/h1H3,(H2,4,5,6)(H2,7,8,9). The van der Waals surface area contributed by atoms with Gasteiger partial charge < -0.3 is 19.6 Å². The summed E-state index contributed by atoms with van der Waals surface area (Å²) in [6, 6.07) is 0. The summed E-state index contributed by atoms with van der Waals surface area (Å²) < 4.78 is 20.6. The van der Waals surface area contributed by atoms with Crippen molar-refractivity contribution in [2.24, 2.45) is 4.99 Å². The van der Waals surface area contributed by atoms with Crippen LogP contribution in [0.5, 0.6) is 0 Å². The summed E-state index contributed by atoms with van der Waals surface area (Å²) in [5.74, 6) is 0. The lowest BCUT2D eigenvalue weighted by Crippen LogP contribution is -1.99. The lowest BCUT2D eigenvalue weighted by atomic mass is 11.4. The fraction of sp³-hybridized carbons (Fsp3) is 0.500. The zero-order valence-electron chi connectivity index (χ0n) is 5.45. The molecule has 0 unspecified atom stereocenters. The Labute approximate surface area is 62.1 Å². The van der Waals surface area contributed by atoms with Gasteiger partial charge in [0.1, 0.15) is 0 Å². The molecule has 0 rings (SSSR count). The molecule has 0 aliphatic carbocycles. The lowest BCUT2D eigenvalue weighted by molar-refractivity contribution is 0.380. The van der Waals surface area contributed by atoms with Crippen LogP contribution in [0.3, 0.4) is 0 Å². The fourth-order valence-corrected chi connectivity index (χ4v) is 2.31. The molecule has 0 aromatic rings. The van der Waals surface area contributed by atoms with Crippen molar-refractivity contribution < 1.29 is 28.7 Å². The zero-order chi connectivity index (χ0) is 9.28. The molecule has 0 aliphatic heterocycles. The molecule has 66 valence electrons. The first-order chi connectivity index (χ1) is 4.69. The highest BCUT2D eigenvalue weighted by Gasteiger charge is 2.37. The van der Waals surface area contributed by atoms with Crippen LogP contribution in [0.4, 0.5) is 0 Å². The van der Waals surface area contributed by atoms with E-state index in [0.717, 1.165) is 7.05 Å². The second-order valence-corrected chi connectivity index (χ2v) is 4.99. The molecular formula is C2H7NO6P2. The molecule has 11 heavy (non-hydrogen) atoms. The summed E-state index contributed by atoms with van der Waals surface area (Å²) in [5.41, 5.74) is 0. The van der Waals surface area contributed by atoms with Gasteiger partial charge in [-0.05, 0) is 0 Å². The first-order valence-corrected chi connectivity index (χ1v) is 5.51. The van der Waals surface area contributed by atoms with Gasteiger partial charge in [-0.2, -0.15) is 0 Å². The van der Waals surface area contributed by atoms with Crippen LogP contribution < -0.4 is 0 Å². The summed E-state index contributed by atoms with van der Waals surface area (Å²) >= 11 is 0. The Morgan fingerprint density at radius 2 is 1.36 bits per heavy atom. The number of nitrogens with zero attached hydrogens (tertiary/aromatic N) is 1. The molecule has 0 atom stereocenters. The quantitative estimate of drug-likeness (QED) is 0.348. The van der Waals surface area contributed by atoms with Gasteiger partial charge >= 0.3 is 15.2 Å². The average Bonchev–Trinajstić information content (AvgIpc) is 1.56. The monoisotopic (exact) mass is 203 g/mol. The van der Waals surface area contributed by atoms with E-state index < -0.39 is 20.4 Å². The fourth-order valence-electron chi connectivity index (χ4n) is 0.430. The molecule has 4 N–H and O–H groups in total. The maximum atomic E-state index is 10.3. The minimum absolute atomic E-state index is 0.896. The molecule has 0 saturated heterocycles. The van der Waals surface area contributed by atoms with Crippen LogP contribution in [0.2, 0.25) is 0 Å². The van der Waals surface area contributed by atoms with E-state index in [2.05, 4.69) is 4.99 Å². The highest BCUT2D eigenvalue weighted by Crippen LogP contribution is 2.54. The maximum Gasteiger partial charge on any atom is 0.382 e. The minimum atomic E-state index is -4.91. The molecule has 0 spiro atoms. The van der Waals surface area contributed by atoms with Crippen LogP contribution in [-0.4, -0.2) is 31.8 Å². The Morgan fingerprint density at radius 3 is 1.36 bits per heavy atom. The molecule has 7 nitrogen and oxygen atoms in total. The highest BCUT2D eigenvalue weighted by atomic mass is 31.2. The Balaban J connectivity index is 5.07. The predicted molar refractivity (Wildman–Crippen MR) is 37.4 cm³/mol. The summed E-state index contributed by atoms with van der Waals surface area (Å²) in [6.45, 7) is 0. The Morgan fingerprint density at radius 1 is 1.09 bits per heavy atom. The Kier molecular flexibility index (Phi) is 3.14. The number of rotatable bonds is 2. The first-order valence-electron chi connectivity index (χ1n) is 2.28. The lowest BCUT2D eigenvalue weighted by Gasteiger charge is -2.07. The van der Waals surface area contributed by atoms with E-state index in [1.54, 1.807) is 0 Å². The molecule has 0 saturated carbocycles. The van der Waals surface area contributed by atoms with E-state index in [1.165, 1.54) is 0 Å². The average molecular weight is 203 g/mol. The van der Waals surface area contributed by atoms with E-state index in [1.807, 2.05) is 0 Å². The van der Waals surface area contributed by atoms with E-state index in [0.29, 0.717) is 0 Å². The summed E-state index contributed by atoms with van der Waals surface area (Å²) in [6.07, 6.45) is 0. The van der Waals surface area contributed by atoms with Crippen LogP contribution in [0.1, 0.15) is 0 Å². The van der Waals surface area contributed by atoms with Crippen molar-refractivity contribution in [3.8, 4) is 0 Å². The third-order valence-corrected chi connectivity index (χ3v) is 3.73. The summed E-state index contributed by atoms with van der Waals surface area (Å²) in [5, 5.41) is -1.38. The molecule has 0 amide bonds. The normalized spacial score (nSPS) is 12.8. The molecule has 0 aromatic carbocycles. The van der Waals surface area contributed by atoms with Gasteiger partial charge in [-0.3, -0.25) is 14.1 Å². The smallest absolute Gasteiger partial charge is 0.320 e. The third-order valence-electron chi connectivity index (χ3n) is 0.721. The van der Waals surface area contributed by atoms with Gasteiger partial charge in [0.15, 0.2) is 0 Å². The molecule has 0 aromatic heterocycles. The summed E-state index contributed by atoms with van der Waals surface area (Å²) in [7, 11) is -8.92. The van der Waals surface area contributed by atoms with Gasteiger partial charge in [0, 0.05) is 7.05 Å². The van der Waals surface area contributed by atoms with E-state index in [9.17, 15) is 9.13 Å². The van der Waals surface area contributed by atoms with Crippen LogP contribution in [0, 0.1) is 0 Å². The van der Waals surface area contributed by atoms with Crippen LogP contribution in [0.15, 0.2) is 4.99 Å². The number of aliphatic imine (C=N–C) groups is 1. The molecule has 0 radical (unpaired) electrons. The van der Waals surface area contributed by atoms with Gasteiger partial charge in [-0.25, -0.2) is 0 Å². The molecular weight excluding hydrogens is 196 g/mol. The van der Waals surface area contributed by atoms with E-state index in [-0.39, 0.29) is 0 Å². The molecule has 0 bridgehead atoms. The van der Waals surface area contributed by atoms with E-state index in [4.69, 9.17) is 19.6 Å². The minimum Gasteiger partial charge on any atom is -0.320 e. The van der Waals surface area contributed by atoms with Crippen molar-refractivity contribution in [3.05, 3.63) is 0 Å². The van der Waals surface area contributed by atoms with Crippen molar-refractivity contribution in [1.29, 1.82) is 0 Å². The van der Waals surface area contributed by atoms with Crippen molar-refractivity contribution in [1.82, 2.24) is 0 Å². The highest BCUT2D eigenvalue weighted by molar-refractivity contribution is 7.97. The molecule has 9 heteroatoms. The largest absolute Gasteiger partial charge is 0.382 e. The van der Waals surface area contributed by atoms with Gasteiger partial charge in [-0.15, -0.1) is 0 Å².